The molecule has 0 saturated carbocycles. The third-order valence-electron chi connectivity index (χ3n) is 7.58. The number of nitrogens with zero attached hydrogens (tertiary/aromatic N) is 3. The summed E-state index contributed by atoms with van der Waals surface area (Å²) in [5.41, 5.74) is 5.92. The Morgan fingerprint density at radius 3 is 2.15 bits per heavy atom. The minimum Gasteiger partial charge on any atom is -0.445 e. The molecule has 0 N–H and O–H groups in total. The third kappa shape index (κ3) is 6.89. The summed E-state index contributed by atoms with van der Waals surface area (Å²) in [6.45, 7) is -9.58. The Bertz CT molecular complexity index is 2690. The molecule has 48 heavy (non-hydrogen) atoms. The van der Waals surface area contributed by atoms with Crippen LogP contribution in [0.2, 0.25) is 0 Å². The molecule has 0 amide bonds. The normalized spacial score (nSPS) is 15.5. The second-order valence-electron chi connectivity index (χ2n) is 10.7. The summed E-state index contributed by atoms with van der Waals surface area (Å²) in [7, 11) is 0. The van der Waals surface area contributed by atoms with Gasteiger partial charge in [0.1, 0.15) is 11.1 Å². The average Bonchev–Trinajstić information content (AvgIpc) is 3.65. The van der Waals surface area contributed by atoms with Crippen molar-refractivity contribution in [3.8, 4) is 45.1 Å². The maximum atomic E-state index is 7.93. The average molecular weight is 812 g/mol. The second kappa shape index (κ2) is 14.3. The van der Waals surface area contributed by atoms with Crippen molar-refractivity contribution in [1.82, 2.24) is 15.0 Å². The monoisotopic (exact) mass is 812 g/mol. The van der Waals surface area contributed by atoms with Gasteiger partial charge in [-0.3, -0.25) is 0 Å². The minimum atomic E-state index is -2.63. The first-order chi connectivity index (χ1) is 27.8. The van der Waals surface area contributed by atoms with Crippen molar-refractivity contribution in [2.75, 3.05) is 0 Å². The molecule has 1 radical (unpaired) electrons. The molecule has 3 aromatic heterocycles. The van der Waals surface area contributed by atoms with Crippen molar-refractivity contribution in [2.45, 2.75) is 27.4 Å². The molecular weight excluding hydrogens is 767 g/mol. The Morgan fingerprint density at radius 1 is 0.646 bits per heavy atom. The first kappa shape index (κ1) is 20.9. The van der Waals surface area contributed by atoms with Gasteiger partial charge in [0, 0.05) is 54.5 Å². The molecule has 0 bridgehead atoms. The molecule has 5 heteroatoms. The quantitative estimate of drug-likeness (QED) is 0.166. The smallest absolute Gasteiger partial charge is 0.226 e. The number of aryl methyl sites for hydroxylation is 4. The maximum absolute atomic E-state index is 7.93. The summed E-state index contributed by atoms with van der Waals surface area (Å²) >= 11 is 0. The molecule has 0 unspecified atom stereocenters. The van der Waals surface area contributed by atoms with E-state index < -0.39 is 27.4 Å². The molecule has 4 nitrogen and oxygen atoms in total. The number of pyridine rings is 2. The fourth-order valence-electron chi connectivity index (χ4n) is 5.18. The fourth-order valence-corrected chi connectivity index (χ4v) is 5.18. The van der Waals surface area contributed by atoms with Crippen molar-refractivity contribution >= 4 is 21.9 Å². The standard InChI is InChI=1S/C30H21N2O.C13H12N.Ir/c1-19-17-27(31-18-20(19)2)25-10-6-9-23-15-16-26-29(28(23)25)33-30(32-26)24-13-11-22(12-14-24)21-7-4-3-5-8-21;1-10-3-6-12(7-4-10)13-8-5-11(2)9-14-13;/h3-9,11-18H,1-2H3;3-6,8-9H,1-2H3;/q2*-1;/i2*1D3,2D3;. The predicted octanol–water partition coefficient (Wildman–Crippen LogP) is 11.0. The van der Waals surface area contributed by atoms with Gasteiger partial charge >= 0.3 is 0 Å². The Kier molecular flexibility index (Phi) is 6.21. The van der Waals surface area contributed by atoms with Gasteiger partial charge in [-0.05, 0) is 72.4 Å². The molecule has 0 atom stereocenters. The van der Waals surface area contributed by atoms with Crippen LogP contribution in [-0.2, 0) is 20.1 Å². The third-order valence-corrected chi connectivity index (χ3v) is 7.58. The molecular formula is C43H33IrN3O-2. The van der Waals surface area contributed by atoms with Crippen molar-refractivity contribution < 1.29 is 41.0 Å². The van der Waals surface area contributed by atoms with E-state index in [4.69, 9.17) is 25.9 Å². The van der Waals surface area contributed by atoms with Crippen molar-refractivity contribution in [2.24, 2.45) is 0 Å². The largest absolute Gasteiger partial charge is 0.445 e. The van der Waals surface area contributed by atoms with Crippen LogP contribution in [0.25, 0.3) is 67.0 Å². The van der Waals surface area contributed by atoms with Gasteiger partial charge in [0.25, 0.3) is 0 Å². The van der Waals surface area contributed by atoms with E-state index in [0.717, 1.165) is 28.3 Å². The van der Waals surface area contributed by atoms with Crippen molar-refractivity contribution in [3.63, 3.8) is 0 Å². The maximum Gasteiger partial charge on any atom is 0.226 e. The van der Waals surface area contributed by atoms with Crippen LogP contribution in [-0.4, -0.2) is 15.0 Å². The predicted molar refractivity (Wildman–Crippen MR) is 192 cm³/mol. The number of hydrogen-bond donors (Lipinski definition) is 0. The SMILES string of the molecule is [2H]C([2H])([2H])c1c[c-]c(-c2ccc(C([2H])([2H])[2H])cn2)cc1.[2H]C([2H])([2H])c1cnc(-c2[c-]ccc3ccc4nc(-c5ccc(-c6ccccc6)cc5)oc4c23)cc1C([2H])([2H])[2H].[Ir]. The van der Waals surface area contributed by atoms with Crippen molar-refractivity contribution in [3.05, 3.63) is 162 Å². The van der Waals surface area contributed by atoms with Crippen LogP contribution in [0.1, 0.15) is 38.7 Å². The molecule has 8 aromatic rings. The van der Waals surface area contributed by atoms with E-state index in [9.17, 15) is 0 Å². The van der Waals surface area contributed by atoms with Crippen molar-refractivity contribution in [1.29, 1.82) is 0 Å². The summed E-state index contributed by atoms with van der Waals surface area (Å²) in [6.07, 6.45) is 2.42. The molecule has 0 spiro atoms. The summed E-state index contributed by atoms with van der Waals surface area (Å²) < 4.78 is 97.0. The van der Waals surface area contributed by atoms with Gasteiger partial charge in [0.05, 0.1) is 0 Å². The molecule has 0 aliphatic rings. The van der Waals surface area contributed by atoms with Crippen LogP contribution >= 0.6 is 0 Å². The summed E-state index contributed by atoms with van der Waals surface area (Å²) in [5, 5.41) is 1.50. The second-order valence-corrected chi connectivity index (χ2v) is 10.7. The van der Waals surface area contributed by atoms with E-state index in [1.54, 1.807) is 18.2 Å². The van der Waals surface area contributed by atoms with Crippen LogP contribution in [0.15, 0.2) is 132 Å². The van der Waals surface area contributed by atoms with E-state index in [2.05, 4.69) is 34.2 Å². The fraction of sp³-hybridized carbons (Fsp3) is 0.0930. The number of fused-ring (bicyclic) bond motifs is 3. The van der Waals surface area contributed by atoms with E-state index in [1.807, 2.05) is 60.7 Å². The van der Waals surface area contributed by atoms with Crippen LogP contribution < -0.4 is 0 Å². The Hall–Kier alpha value is -5.22. The van der Waals surface area contributed by atoms with Gasteiger partial charge in [-0.15, -0.1) is 59.2 Å². The minimum absolute atomic E-state index is 0. The van der Waals surface area contributed by atoms with E-state index >= 15 is 0 Å². The molecule has 237 valence electrons. The zero-order valence-corrected chi connectivity index (χ0v) is 27.6. The zero-order chi connectivity index (χ0) is 42.3. The summed E-state index contributed by atoms with van der Waals surface area (Å²) in [6, 6.07) is 40.3. The zero-order valence-electron chi connectivity index (χ0n) is 37.2. The summed E-state index contributed by atoms with van der Waals surface area (Å²) in [5.74, 6) is 0.445. The van der Waals surface area contributed by atoms with Crippen LogP contribution in [0.5, 0.6) is 0 Å². The van der Waals surface area contributed by atoms with Gasteiger partial charge in [-0.25, -0.2) is 4.98 Å². The van der Waals surface area contributed by atoms with Gasteiger partial charge in [-0.1, -0.05) is 89.9 Å². The first-order valence-electron chi connectivity index (χ1n) is 20.7. The Balaban J connectivity index is 0.000000243. The molecule has 8 rings (SSSR count). The van der Waals surface area contributed by atoms with E-state index in [0.29, 0.717) is 39.2 Å². The number of aromatic nitrogens is 3. The number of hydrogen-bond acceptors (Lipinski definition) is 4. The molecule has 0 aliphatic carbocycles. The molecule has 3 heterocycles. The number of rotatable bonds is 4. The Labute approximate surface area is 311 Å². The summed E-state index contributed by atoms with van der Waals surface area (Å²) in [4.78, 5) is 13.1. The Morgan fingerprint density at radius 2 is 1.42 bits per heavy atom. The van der Waals surface area contributed by atoms with Crippen LogP contribution in [0, 0.1) is 39.5 Å². The number of oxazole rings is 1. The van der Waals surface area contributed by atoms with E-state index in [1.165, 1.54) is 30.5 Å². The van der Waals surface area contributed by atoms with E-state index in [-0.39, 0.29) is 48.1 Å². The van der Waals surface area contributed by atoms with Gasteiger partial charge in [0.15, 0.2) is 0 Å². The first-order valence-corrected chi connectivity index (χ1v) is 14.7. The van der Waals surface area contributed by atoms with Gasteiger partial charge in [0.2, 0.25) is 5.89 Å². The molecule has 0 fully saturated rings. The molecule has 0 aliphatic heterocycles. The topological polar surface area (TPSA) is 51.8 Å². The van der Waals surface area contributed by atoms with Gasteiger partial charge in [-0.2, -0.15) is 0 Å². The number of benzene rings is 5. The molecule has 0 saturated heterocycles. The van der Waals surface area contributed by atoms with Crippen LogP contribution in [0.4, 0.5) is 0 Å². The van der Waals surface area contributed by atoms with Crippen LogP contribution in [0.3, 0.4) is 0 Å². The molecule has 5 aromatic carbocycles. The van der Waals surface area contributed by atoms with Gasteiger partial charge < -0.3 is 14.4 Å².